The van der Waals surface area contributed by atoms with E-state index in [1.165, 1.54) is 16.2 Å². The van der Waals surface area contributed by atoms with Crippen molar-refractivity contribution in [2.45, 2.75) is 29.7 Å². The van der Waals surface area contributed by atoms with Crippen LogP contribution in [0.15, 0.2) is 47.5 Å². The van der Waals surface area contributed by atoms with E-state index in [0.29, 0.717) is 5.92 Å². The van der Waals surface area contributed by atoms with E-state index in [-0.39, 0.29) is 6.04 Å². The van der Waals surface area contributed by atoms with E-state index < -0.39 is 0 Å². The largest absolute Gasteiger partial charge is 0.271 e. The van der Waals surface area contributed by atoms with Gasteiger partial charge in [0.25, 0.3) is 0 Å². The normalized spacial score (nSPS) is 18.5. The number of thioether (sulfide) groups is 1. The summed E-state index contributed by atoms with van der Waals surface area (Å²) in [5.41, 5.74) is 5.53. The second-order valence-electron chi connectivity index (χ2n) is 5.23. The first-order valence-corrected chi connectivity index (χ1v) is 8.42. The summed E-state index contributed by atoms with van der Waals surface area (Å²) in [6.45, 7) is 0. The predicted octanol–water partition coefficient (Wildman–Crippen LogP) is 3.39. The number of nitrogens with zero attached hydrogens (tertiary/aromatic N) is 1. The van der Waals surface area contributed by atoms with Gasteiger partial charge in [-0.05, 0) is 42.7 Å². The van der Waals surface area contributed by atoms with Gasteiger partial charge in [-0.15, -0.1) is 11.8 Å². The first-order chi connectivity index (χ1) is 10.3. The minimum absolute atomic E-state index is 0.213. The molecule has 5 heteroatoms. The van der Waals surface area contributed by atoms with Crippen LogP contribution >= 0.6 is 23.4 Å². The lowest BCUT2D eigenvalue weighted by Gasteiger charge is -2.22. The number of pyridine rings is 1. The lowest BCUT2D eigenvalue weighted by atomic mass is 9.99. The van der Waals surface area contributed by atoms with Gasteiger partial charge in [0.15, 0.2) is 0 Å². The highest BCUT2D eigenvalue weighted by atomic mass is 35.5. The molecule has 3 rings (SSSR count). The third-order valence-electron chi connectivity index (χ3n) is 3.93. The first-order valence-electron chi connectivity index (χ1n) is 7.06. The Hall–Kier alpha value is -1.07. The second-order valence-corrected chi connectivity index (χ2v) is 6.76. The van der Waals surface area contributed by atoms with Crippen LogP contribution < -0.4 is 11.3 Å². The molecule has 1 heterocycles. The Kier molecular flexibility index (Phi) is 4.80. The Bertz CT molecular complexity index is 620. The van der Waals surface area contributed by atoms with E-state index in [0.717, 1.165) is 23.6 Å². The van der Waals surface area contributed by atoms with E-state index in [2.05, 4.69) is 22.5 Å². The van der Waals surface area contributed by atoms with Crippen LogP contribution in [0.4, 0.5) is 0 Å². The van der Waals surface area contributed by atoms with Crippen molar-refractivity contribution in [3.05, 3.63) is 58.9 Å². The van der Waals surface area contributed by atoms with Crippen molar-refractivity contribution >= 4 is 23.4 Å². The van der Waals surface area contributed by atoms with E-state index in [1.54, 1.807) is 11.8 Å². The SMILES string of the molecule is NNC(CSc1cccc(Cl)c1)C1CCc2cccnc21. The molecule has 3 N–H and O–H groups in total. The number of aromatic nitrogens is 1. The number of aryl methyl sites for hydroxylation is 1. The smallest absolute Gasteiger partial charge is 0.0482 e. The quantitative estimate of drug-likeness (QED) is 0.504. The number of fused-ring (bicyclic) bond motifs is 1. The van der Waals surface area contributed by atoms with Crippen LogP contribution in [0.3, 0.4) is 0 Å². The maximum absolute atomic E-state index is 6.02. The predicted molar refractivity (Wildman–Crippen MR) is 88.6 cm³/mol. The van der Waals surface area contributed by atoms with Crippen molar-refractivity contribution in [1.82, 2.24) is 10.4 Å². The van der Waals surface area contributed by atoms with Crippen molar-refractivity contribution < 1.29 is 0 Å². The molecule has 0 bridgehead atoms. The van der Waals surface area contributed by atoms with Gasteiger partial charge in [0.1, 0.15) is 0 Å². The Balaban J connectivity index is 1.69. The van der Waals surface area contributed by atoms with Crippen LogP contribution in [0.2, 0.25) is 5.02 Å². The molecule has 1 aromatic heterocycles. The molecule has 0 spiro atoms. The maximum Gasteiger partial charge on any atom is 0.0482 e. The Morgan fingerprint density at radius 2 is 2.29 bits per heavy atom. The topological polar surface area (TPSA) is 50.9 Å². The summed E-state index contributed by atoms with van der Waals surface area (Å²) in [4.78, 5) is 5.72. The van der Waals surface area contributed by atoms with Crippen LogP contribution in [-0.4, -0.2) is 16.8 Å². The summed E-state index contributed by atoms with van der Waals surface area (Å²) in [6, 6.07) is 12.3. The monoisotopic (exact) mass is 319 g/mol. The van der Waals surface area contributed by atoms with Crippen molar-refractivity contribution in [2.75, 3.05) is 5.75 Å². The van der Waals surface area contributed by atoms with Crippen molar-refractivity contribution in [3.8, 4) is 0 Å². The van der Waals surface area contributed by atoms with Gasteiger partial charge in [-0.3, -0.25) is 16.3 Å². The number of hydrazine groups is 1. The standard InChI is InChI=1S/C16H18ClN3S/c17-12-4-1-5-13(9-12)21-10-15(20-18)14-7-6-11-3-2-8-19-16(11)14/h1-5,8-9,14-15,20H,6-7,10,18H2. The highest BCUT2D eigenvalue weighted by Crippen LogP contribution is 2.35. The molecule has 0 saturated carbocycles. The molecule has 0 amide bonds. The number of nitrogens with two attached hydrogens (primary N) is 1. The van der Waals surface area contributed by atoms with Crippen LogP contribution in [-0.2, 0) is 6.42 Å². The minimum Gasteiger partial charge on any atom is -0.271 e. The number of rotatable bonds is 5. The van der Waals surface area contributed by atoms with Crippen molar-refractivity contribution in [2.24, 2.45) is 5.84 Å². The average Bonchev–Trinajstić information content (AvgIpc) is 2.92. The van der Waals surface area contributed by atoms with E-state index in [1.807, 2.05) is 30.5 Å². The zero-order chi connectivity index (χ0) is 14.7. The van der Waals surface area contributed by atoms with E-state index in [9.17, 15) is 0 Å². The summed E-state index contributed by atoms with van der Waals surface area (Å²) in [6.07, 6.45) is 4.07. The van der Waals surface area contributed by atoms with Crippen LogP contribution in [0.1, 0.15) is 23.6 Å². The average molecular weight is 320 g/mol. The summed E-state index contributed by atoms with van der Waals surface area (Å²) >= 11 is 7.80. The highest BCUT2D eigenvalue weighted by Gasteiger charge is 2.30. The molecular weight excluding hydrogens is 302 g/mol. The van der Waals surface area contributed by atoms with Gasteiger partial charge < -0.3 is 0 Å². The number of hydrogen-bond donors (Lipinski definition) is 2. The van der Waals surface area contributed by atoms with Crippen LogP contribution in [0.25, 0.3) is 0 Å². The van der Waals surface area contributed by atoms with Crippen LogP contribution in [0, 0.1) is 0 Å². The van der Waals surface area contributed by atoms with Crippen molar-refractivity contribution in [3.63, 3.8) is 0 Å². The third kappa shape index (κ3) is 3.40. The number of nitrogens with one attached hydrogen (secondary N) is 1. The zero-order valence-electron chi connectivity index (χ0n) is 11.6. The molecular formula is C16H18ClN3S. The van der Waals surface area contributed by atoms with Gasteiger partial charge >= 0.3 is 0 Å². The molecule has 0 aliphatic heterocycles. The third-order valence-corrected chi connectivity index (χ3v) is 5.28. The highest BCUT2D eigenvalue weighted by molar-refractivity contribution is 7.99. The molecule has 0 fully saturated rings. The molecule has 1 aliphatic rings. The molecule has 2 unspecified atom stereocenters. The lowest BCUT2D eigenvalue weighted by molar-refractivity contribution is 0.468. The number of benzene rings is 1. The molecule has 21 heavy (non-hydrogen) atoms. The molecule has 1 aromatic carbocycles. The van der Waals surface area contributed by atoms with Gasteiger partial charge in [0.2, 0.25) is 0 Å². The van der Waals surface area contributed by atoms with Crippen molar-refractivity contribution in [1.29, 1.82) is 0 Å². The molecule has 2 atom stereocenters. The fourth-order valence-electron chi connectivity index (χ4n) is 2.86. The Labute approximate surface area is 134 Å². The summed E-state index contributed by atoms with van der Waals surface area (Å²) in [7, 11) is 0. The van der Waals surface area contributed by atoms with E-state index >= 15 is 0 Å². The number of halogens is 1. The van der Waals surface area contributed by atoms with Crippen LogP contribution in [0.5, 0.6) is 0 Å². The first kappa shape index (κ1) is 14.9. The second kappa shape index (κ2) is 6.79. The molecule has 2 aromatic rings. The molecule has 1 aliphatic carbocycles. The molecule has 110 valence electrons. The van der Waals surface area contributed by atoms with Gasteiger partial charge in [-0.2, -0.15) is 0 Å². The summed E-state index contributed by atoms with van der Waals surface area (Å²) in [5.74, 6) is 7.07. The van der Waals surface area contributed by atoms with E-state index in [4.69, 9.17) is 17.4 Å². The fraction of sp³-hybridized carbons (Fsp3) is 0.312. The van der Waals surface area contributed by atoms with Gasteiger partial charge in [0, 0.05) is 39.5 Å². The molecule has 3 nitrogen and oxygen atoms in total. The summed E-state index contributed by atoms with van der Waals surface area (Å²) < 4.78 is 0. The van der Waals surface area contributed by atoms with Gasteiger partial charge in [-0.1, -0.05) is 23.7 Å². The van der Waals surface area contributed by atoms with Gasteiger partial charge in [-0.25, -0.2) is 0 Å². The molecule has 0 radical (unpaired) electrons. The lowest BCUT2D eigenvalue weighted by Crippen LogP contribution is -2.41. The Morgan fingerprint density at radius 1 is 1.38 bits per heavy atom. The molecule has 0 saturated heterocycles. The Morgan fingerprint density at radius 3 is 3.10 bits per heavy atom. The summed E-state index contributed by atoms with van der Waals surface area (Å²) in [5, 5.41) is 0.769. The maximum atomic E-state index is 6.02. The zero-order valence-corrected chi connectivity index (χ0v) is 13.2. The van der Waals surface area contributed by atoms with Gasteiger partial charge in [0.05, 0.1) is 0 Å². The minimum atomic E-state index is 0.213. The number of hydrogen-bond acceptors (Lipinski definition) is 4. The fourth-order valence-corrected chi connectivity index (χ4v) is 4.20.